The van der Waals surface area contributed by atoms with Gasteiger partial charge in [0.2, 0.25) is 0 Å². The van der Waals surface area contributed by atoms with E-state index < -0.39 is 0 Å². The SMILES string of the molecule is CCCCN1C(=O)c2ccccc2NC1c1c(OCC(C)C)ccc2ccccc12. The highest BCUT2D eigenvalue weighted by atomic mass is 16.5. The molecule has 156 valence electrons. The van der Waals surface area contributed by atoms with Crippen LogP contribution in [0.15, 0.2) is 60.7 Å². The Labute approximate surface area is 178 Å². The quantitative estimate of drug-likeness (QED) is 0.508. The van der Waals surface area contributed by atoms with Crippen LogP contribution in [0.2, 0.25) is 0 Å². The minimum atomic E-state index is -0.271. The molecule has 3 aromatic rings. The summed E-state index contributed by atoms with van der Waals surface area (Å²) in [5, 5.41) is 5.91. The Bertz CT molecular complexity index is 1040. The Kier molecular flexibility index (Phi) is 5.93. The van der Waals surface area contributed by atoms with Crippen molar-refractivity contribution < 1.29 is 9.53 Å². The fourth-order valence-electron chi connectivity index (χ4n) is 4.02. The standard InChI is InChI=1S/C26H30N2O2/c1-4-5-16-28-25(27-22-13-9-8-12-21(22)26(28)29)24-20-11-7-6-10-19(20)14-15-23(24)30-17-18(2)3/h6-15,18,25,27H,4-5,16-17H2,1-3H3. The molecule has 4 heteroatoms. The number of benzene rings is 3. The van der Waals surface area contributed by atoms with E-state index in [1.807, 2.05) is 47.4 Å². The van der Waals surface area contributed by atoms with Crippen LogP contribution in [0.25, 0.3) is 10.8 Å². The third kappa shape index (κ3) is 3.87. The van der Waals surface area contributed by atoms with E-state index in [0.29, 0.717) is 19.1 Å². The number of hydrogen-bond acceptors (Lipinski definition) is 3. The zero-order valence-electron chi connectivity index (χ0n) is 18.0. The van der Waals surface area contributed by atoms with Gasteiger partial charge >= 0.3 is 0 Å². The molecule has 4 rings (SSSR count). The second kappa shape index (κ2) is 8.78. The number of nitrogens with zero attached hydrogens (tertiary/aromatic N) is 1. The lowest BCUT2D eigenvalue weighted by Gasteiger charge is -2.39. The van der Waals surface area contributed by atoms with E-state index >= 15 is 0 Å². The lowest BCUT2D eigenvalue weighted by Crippen LogP contribution is -2.43. The highest BCUT2D eigenvalue weighted by Crippen LogP contribution is 2.40. The smallest absolute Gasteiger partial charge is 0.257 e. The van der Waals surface area contributed by atoms with Gasteiger partial charge < -0.3 is 15.0 Å². The lowest BCUT2D eigenvalue weighted by molar-refractivity contribution is 0.0678. The van der Waals surface area contributed by atoms with Gasteiger partial charge in [-0.15, -0.1) is 0 Å². The van der Waals surface area contributed by atoms with Crippen LogP contribution in [-0.2, 0) is 0 Å². The Morgan fingerprint density at radius 2 is 1.80 bits per heavy atom. The number of para-hydroxylation sites is 1. The first-order chi connectivity index (χ1) is 14.6. The molecule has 4 nitrogen and oxygen atoms in total. The summed E-state index contributed by atoms with van der Waals surface area (Å²) in [4.78, 5) is 15.4. The van der Waals surface area contributed by atoms with Gasteiger partial charge in [0.25, 0.3) is 5.91 Å². The van der Waals surface area contributed by atoms with Crippen LogP contribution in [0.4, 0.5) is 5.69 Å². The average molecular weight is 403 g/mol. The van der Waals surface area contributed by atoms with Gasteiger partial charge in [-0.3, -0.25) is 4.79 Å². The van der Waals surface area contributed by atoms with Crippen LogP contribution in [0.1, 0.15) is 55.7 Å². The average Bonchev–Trinajstić information content (AvgIpc) is 2.76. The maximum Gasteiger partial charge on any atom is 0.257 e. The van der Waals surface area contributed by atoms with Gasteiger partial charge in [-0.2, -0.15) is 0 Å². The molecule has 1 aliphatic heterocycles. The van der Waals surface area contributed by atoms with E-state index in [4.69, 9.17) is 4.74 Å². The second-order valence-corrected chi connectivity index (χ2v) is 8.35. The van der Waals surface area contributed by atoms with Crippen molar-refractivity contribution in [3.05, 3.63) is 71.8 Å². The highest BCUT2D eigenvalue weighted by molar-refractivity contribution is 6.02. The molecule has 1 atom stereocenters. The first-order valence-corrected chi connectivity index (χ1v) is 10.9. The molecule has 1 unspecified atom stereocenters. The van der Waals surface area contributed by atoms with E-state index in [2.05, 4.69) is 44.3 Å². The van der Waals surface area contributed by atoms with E-state index in [1.165, 1.54) is 0 Å². The summed E-state index contributed by atoms with van der Waals surface area (Å²) in [6, 6.07) is 20.3. The number of hydrogen-bond donors (Lipinski definition) is 1. The van der Waals surface area contributed by atoms with Gasteiger partial charge in [-0.05, 0) is 41.3 Å². The molecule has 1 N–H and O–H groups in total. The zero-order chi connectivity index (χ0) is 21.1. The molecule has 0 aromatic heterocycles. The number of ether oxygens (including phenoxy) is 1. The fraction of sp³-hybridized carbons (Fsp3) is 0.346. The topological polar surface area (TPSA) is 41.6 Å². The van der Waals surface area contributed by atoms with Crippen molar-refractivity contribution in [2.45, 2.75) is 39.8 Å². The Balaban J connectivity index is 1.87. The molecule has 0 saturated carbocycles. The van der Waals surface area contributed by atoms with Crippen molar-refractivity contribution in [2.75, 3.05) is 18.5 Å². The Hall–Kier alpha value is -3.01. The lowest BCUT2D eigenvalue weighted by atomic mass is 9.97. The number of amides is 1. The third-order valence-corrected chi connectivity index (χ3v) is 5.55. The molecule has 0 fully saturated rings. The Morgan fingerprint density at radius 3 is 2.60 bits per heavy atom. The molecule has 1 heterocycles. The molecule has 1 amide bonds. The van der Waals surface area contributed by atoms with Gasteiger partial charge in [0.1, 0.15) is 11.9 Å². The maximum absolute atomic E-state index is 13.5. The van der Waals surface area contributed by atoms with Crippen molar-refractivity contribution in [3.63, 3.8) is 0 Å². The summed E-state index contributed by atoms with van der Waals surface area (Å²) < 4.78 is 6.26. The minimum absolute atomic E-state index is 0.0746. The monoisotopic (exact) mass is 402 g/mol. The summed E-state index contributed by atoms with van der Waals surface area (Å²) >= 11 is 0. The predicted octanol–water partition coefficient (Wildman–Crippen LogP) is 6.24. The number of unbranched alkanes of at least 4 members (excludes halogenated alkanes) is 1. The van der Waals surface area contributed by atoms with E-state index in [-0.39, 0.29) is 12.1 Å². The highest BCUT2D eigenvalue weighted by Gasteiger charge is 2.35. The molecule has 0 saturated heterocycles. The third-order valence-electron chi connectivity index (χ3n) is 5.55. The zero-order valence-corrected chi connectivity index (χ0v) is 18.0. The van der Waals surface area contributed by atoms with Crippen LogP contribution in [-0.4, -0.2) is 24.0 Å². The number of carbonyl (C=O) groups is 1. The molecule has 0 bridgehead atoms. The molecule has 30 heavy (non-hydrogen) atoms. The van der Waals surface area contributed by atoms with Gasteiger partial charge in [-0.25, -0.2) is 0 Å². The van der Waals surface area contributed by atoms with Gasteiger partial charge in [0.05, 0.1) is 12.2 Å². The first kappa shape index (κ1) is 20.3. The number of anilines is 1. The van der Waals surface area contributed by atoms with Gasteiger partial charge in [0, 0.05) is 17.8 Å². The summed E-state index contributed by atoms with van der Waals surface area (Å²) in [5.74, 6) is 1.33. The number of nitrogens with one attached hydrogen (secondary N) is 1. The minimum Gasteiger partial charge on any atom is -0.493 e. The number of carbonyl (C=O) groups excluding carboxylic acids is 1. The molecular formula is C26H30N2O2. The predicted molar refractivity (Wildman–Crippen MR) is 123 cm³/mol. The van der Waals surface area contributed by atoms with E-state index in [9.17, 15) is 4.79 Å². The van der Waals surface area contributed by atoms with E-state index in [0.717, 1.165) is 46.2 Å². The number of rotatable bonds is 7. The molecular weight excluding hydrogens is 372 g/mol. The van der Waals surface area contributed by atoms with E-state index in [1.54, 1.807) is 0 Å². The van der Waals surface area contributed by atoms with Crippen LogP contribution in [0, 0.1) is 5.92 Å². The van der Waals surface area contributed by atoms with Gasteiger partial charge in [0.15, 0.2) is 0 Å². The summed E-state index contributed by atoms with van der Waals surface area (Å²) in [7, 11) is 0. The van der Waals surface area contributed by atoms with Crippen LogP contribution >= 0.6 is 0 Å². The van der Waals surface area contributed by atoms with Crippen molar-refractivity contribution >= 4 is 22.4 Å². The number of fused-ring (bicyclic) bond motifs is 2. The van der Waals surface area contributed by atoms with Crippen LogP contribution < -0.4 is 10.1 Å². The normalized spacial score (nSPS) is 15.9. The summed E-state index contributed by atoms with van der Waals surface area (Å²) in [6.07, 6.45) is 1.72. The van der Waals surface area contributed by atoms with Gasteiger partial charge in [-0.1, -0.05) is 69.7 Å². The van der Waals surface area contributed by atoms with Crippen molar-refractivity contribution in [1.82, 2.24) is 4.90 Å². The molecule has 1 aliphatic rings. The van der Waals surface area contributed by atoms with Crippen LogP contribution in [0.3, 0.4) is 0 Å². The maximum atomic E-state index is 13.5. The summed E-state index contributed by atoms with van der Waals surface area (Å²) in [6.45, 7) is 7.78. The van der Waals surface area contributed by atoms with Crippen LogP contribution in [0.5, 0.6) is 5.75 Å². The second-order valence-electron chi connectivity index (χ2n) is 8.35. The first-order valence-electron chi connectivity index (χ1n) is 10.9. The largest absolute Gasteiger partial charge is 0.493 e. The van der Waals surface area contributed by atoms with Crippen molar-refractivity contribution in [3.8, 4) is 5.75 Å². The molecule has 0 aliphatic carbocycles. The fourth-order valence-corrected chi connectivity index (χ4v) is 4.02. The molecule has 0 radical (unpaired) electrons. The van der Waals surface area contributed by atoms with Crippen molar-refractivity contribution in [1.29, 1.82) is 0 Å². The molecule has 0 spiro atoms. The molecule has 3 aromatic carbocycles. The van der Waals surface area contributed by atoms with Crippen molar-refractivity contribution in [2.24, 2.45) is 5.92 Å². The summed E-state index contributed by atoms with van der Waals surface area (Å²) in [5.41, 5.74) is 2.64. The Morgan fingerprint density at radius 1 is 1.03 bits per heavy atom.